The number of nitrogens with zero attached hydrogens (tertiary/aromatic N) is 1. The Labute approximate surface area is 97.3 Å². The summed E-state index contributed by atoms with van der Waals surface area (Å²) < 4.78 is 5.47. The number of piperazine rings is 1. The van der Waals surface area contributed by atoms with E-state index in [-0.39, 0.29) is 17.9 Å². The summed E-state index contributed by atoms with van der Waals surface area (Å²) in [4.78, 5) is 14.3. The number of hydrogen-bond acceptors (Lipinski definition) is 3. The first-order chi connectivity index (χ1) is 7.58. The number of carbonyl (C=O) groups is 1. The van der Waals surface area contributed by atoms with Gasteiger partial charge in [-0.05, 0) is 27.2 Å². The van der Waals surface area contributed by atoms with E-state index in [0.717, 1.165) is 26.1 Å². The van der Waals surface area contributed by atoms with Gasteiger partial charge in [-0.15, -0.1) is 0 Å². The van der Waals surface area contributed by atoms with Crippen molar-refractivity contribution < 1.29 is 9.53 Å². The Hall–Kier alpha value is -0.610. The van der Waals surface area contributed by atoms with E-state index >= 15 is 0 Å². The zero-order valence-electron chi connectivity index (χ0n) is 10.4. The maximum Gasteiger partial charge on any atom is 0.228 e. The second-order valence-corrected chi connectivity index (χ2v) is 5.18. The topological polar surface area (TPSA) is 41.6 Å². The van der Waals surface area contributed by atoms with Crippen molar-refractivity contribution in [2.24, 2.45) is 5.92 Å². The molecule has 4 nitrogen and oxygen atoms in total. The van der Waals surface area contributed by atoms with Gasteiger partial charge in [-0.3, -0.25) is 4.79 Å². The molecular weight excluding hydrogens is 204 g/mol. The Balaban J connectivity index is 1.98. The first kappa shape index (κ1) is 11.9. The van der Waals surface area contributed by atoms with Crippen molar-refractivity contribution in [2.75, 3.05) is 19.7 Å². The lowest BCUT2D eigenvalue weighted by Gasteiger charge is -2.37. The van der Waals surface area contributed by atoms with Crippen LogP contribution in [-0.2, 0) is 9.53 Å². The minimum atomic E-state index is 0.0810. The molecule has 92 valence electrons. The summed E-state index contributed by atoms with van der Waals surface area (Å²) in [5.41, 5.74) is 0. The summed E-state index contributed by atoms with van der Waals surface area (Å²) in [7, 11) is 0. The van der Waals surface area contributed by atoms with Gasteiger partial charge in [0, 0.05) is 31.8 Å². The van der Waals surface area contributed by atoms with Crippen LogP contribution in [0.15, 0.2) is 0 Å². The minimum absolute atomic E-state index is 0.0810. The standard InChI is InChI=1S/C12H22N2O2/c1-8-6-14(7-9(2)13-8)12(15)11-4-5-16-10(11)3/h8-11,13H,4-7H2,1-3H3. The van der Waals surface area contributed by atoms with Crippen LogP contribution in [0.2, 0.25) is 0 Å². The van der Waals surface area contributed by atoms with Crippen molar-refractivity contribution in [3.63, 3.8) is 0 Å². The van der Waals surface area contributed by atoms with Gasteiger partial charge in [0.25, 0.3) is 0 Å². The van der Waals surface area contributed by atoms with Gasteiger partial charge >= 0.3 is 0 Å². The van der Waals surface area contributed by atoms with Crippen LogP contribution in [0.25, 0.3) is 0 Å². The normalized spacial score (nSPS) is 40.1. The Kier molecular flexibility index (Phi) is 3.50. The molecule has 0 aromatic rings. The molecule has 0 saturated carbocycles. The average molecular weight is 226 g/mol. The van der Waals surface area contributed by atoms with E-state index in [1.807, 2.05) is 11.8 Å². The SMILES string of the molecule is CC1CN(C(=O)C2CCOC2C)CC(C)N1. The Bertz CT molecular complexity index is 260. The first-order valence-corrected chi connectivity index (χ1v) is 6.24. The van der Waals surface area contributed by atoms with E-state index in [2.05, 4.69) is 19.2 Å². The predicted molar refractivity (Wildman–Crippen MR) is 62.2 cm³/mol. The third kappa shape index (κ3) is 2.38. The zero-order valence-corrected chi connectivity index (χ0v) is 10.4. The monoisotopic (exact) mass is 226 g/mol. The molecule has 2 saturated heterocycles. The van der Waals surface area contributed by atoms with Crippen LogP contribution in [0.5, 0.6) is 0 Å². The van der Waals surface area contributed by atoms with Crippen LogP contribution >= 0.6 is 0 Å². The van der Waals surface area contributed by atoms with Gasteiger partial charge in [-0.1, -0.05) is 0 Å². The van der Waals surface area contributed by atoms with E-state index in [1.165, 1.54) is 0 Å². The number of amides is 1. The van der Waals surface area contributed by atoms with Gasteiger partial charge in [0.05, 0.1) is 12.0 Å². The van der Waals surface area contributed by atoms with Crippen LogP contribution in [0, 0.1) is 5.92 Å². The second-order valence-electron chi connectivity index (χ2n) is 5.18. The van der Waals surface area contributed by atoms with Crippen molar-refractivity contribution in [3.05, 3.63) is 0 Å². The molecule has 2 aliphatic heterocycles. The smallest absolute Gasteiger partial charge is 0.228 e. The Morgan fingerprint density at radius 1 is 1.25 bits per heavy atom. The summed E-state index contributed by atoms with van der Waals surface area (Å²) >= 11 is 0. The molecule has 1 amide bonds. The molecule has 0 spiro atoms. The number of hydrogen-bond donors (Lipinski definition) is 1. The predicted octanol–water partition coefficient (Wildman–Crippen LogP) is 0.620. The highest BCUT2D eigenvalue weighted by Gasteiger charge is 2.35. The summed E-state index contributed by atoms with van der Waals surface area (Å²) in [6.45, 7) is 8.65. The van der Waals surface area contributed by atoms with Crippen LogP contribution in [-0.4, -0.2) is 48.7 Å². The largest absolute Gasteiger partial charge is 0.378 e. The summed E-state index contributed by atoms with van der Waals surface area (Å²) in [5, 5.41) is 3.44. The molecule has 2 aliphatic rings. The fraction of sp³-hybridized carbons (Fsp3) is 0.917. The lowest BCUT2D eigenvalue weighted by Crippen LogP contribution is -2.57. The highest BCUT2D eigenvalue weighted by atomic mass is 16.5. The van der Waals surface area contributed by atoms with Gasteiger partial charge < -0.3 is 15.0 Å². The molecule has 2 rings (SSSR count). The highest BCUT2D eigenvalue weighted by molar-refractivity contribution is 5.79. The fourth-order valence-corrected chi connectivity index (χ4v) is 2.80. The fourth-order valence-electron chi connectivity index (χ4n) is 2.80. The number of rotatable bonds is 1. The molecule has 0 aliphatic carbocycles. The van der Waals surface area contributed by atoms with E-state index in [9.17, 15) is 4.79 Å². The van der Waals surface area contributed by atoms with Gasteiger partial charge in [-0.25, -0.2) is 0 Å². The van der Waals surface area contributed by atoms with Crippen molar-refractivity contribution in [1.82, 2.24) is 10.2 Å². The quantitative estimate of drug-likeness (QED) is 0.712. The maximum absolute atomic E-state index is 12.3. The number of carbonyl (C=O) groups excluding carboxylic acids is 1. The average Bonchev–Trinajstić information content (AvgIpc) is 2.62. The molecule has 16 heavy (non-hydrogen) atoms. The van der Waals surface area contributed by atoms with E-state index in [4.69, 9.17) is 4.74 Å². The van der Waals surface area contributed by atoms with Gasteiger partial charge in [0.1, 0.15) is 0 Å². The van der Waals surface area contributed by atoms with Crippen molar-refractivity contribution in [3.8, 4) is 0 Å². The lowest BCUT2D eigenvalue weighted by atomic mass is 9.99. The molecule has 0 radical (unpaired) electrons. The molecule has 4 unspecified atom stereocenters. The zero-order chi connectivity index (χ0) is 11.7. The van der Waals surface area contributed by atoms with Crippen molar-refractivity contribution in [2.45, 2.75) is 45.4 Å². The second kappa shape index (κ2) is 4.72. The van der Waals surface area contributed by atoms with Crippen LogP contribution in [0.3, 0.4) is 0 Å². The Morgan fingerprint density at radius 3 is 2.38 bits per heavy atom. The molecule has 0 aromatic carbocycles. The van der Waals surface area contributed by atoms with E-state index < -0.39 is 0 Å². The molecule has 0 bridgehead atoms. The maximum atomic E-state index is 12.3. The van der Waals surface area contributed by atoms with E-state index in [1.54, 1.807) is 0 Å². The first-order valence-electron chi connectivity index (χ1n) is 6.24. The van der Waals surface area contributed by atoms with Crippen LogP contribution in [0.1, 0.15) is 27.2 Å². The molecule has 4 atom stereocenters. The third-order valence-electron chi connectivity index (χ3n) is 3.56. The highest BCUT2D eigenvalue weighted by Crippen LogP contribution is 2.23. The number of ether oxygens (including phenoxy) is 1. The van der Waals surface area contributed by atoms with E-state index in [0.29, 0.717) is 12.1 Å². The number of nitrogens with one attached hydrogen (secondary N) is 1. The minimum Gasteiger partial charge on any atom is -0.378 e. The molecule has 2 heterocycles. The molecule has 4 heteroatoms. The van der Waals surface area contributed by atoms with Gasteiger partial charge in [0.2, 0.25) is 5.91 Å². The summed E-state index contributed by atoms with van der Waals surface area (Å²) in [5.74, 6) is 0.364. The van der Waals surface area contributed by atoms with Crippen molar-refractivity contribution in [1.29, 1.82) is 0 Å². The molecule has 2 fully saturated rings. The van der Waals surface area contributed by atoms with Crippen LogP contribution < -0.4 is 5.32 Å². The van der Waals surface area contributed by atoms with Crippen molar-refractivity contribution >= 4 is 5.91 Å². The third-order valence-corrected chi connectivity index (χ3v) is 3.56. The van der Waals surface area contributed by atoms with Gasteiger partial charge in [-0.2, -0.15) is 0 Å². The summed E-state index contributed by atoms with van der Waals surface area (Å²) in [6.07, 6.45) is 0.972. The Morgan fingerprint density at radius 2 is 1.88 bits per heavy atom. The molecule has 1 N–H and O–H groups in total. The lowest BCUT2D eigenvalue weighted by molar-refractivity contribution is -0.138. The molecular formula is C12H22N2O2. The molecule has 0 aromatic heterocycles. The summed E-state index contributed by atoms with van der Waals surface area (Å²) in [6, 6.07) is 0.788. The van der Waals surface area contributed by atoms with Crippen LogP contribution in [0.4, 0.5) is 0 Å². The van der Waals surface area contributed by atoms with Gasteiger partial charge in [0.15, 0.2) is 0 Å².